The van der Waals surface area contributed by atoms with E-state index in [4.69, 9.17) is 5.11 Å². The molecule has 0 saturated heterocycles. The summed E-state index contributed by atoms with van der Waals surface area (Å²) < 4.78 is 0. The number of nitrogens with zero attached hydrogens (tertiary/aromatic N) is 2. The van der Waals surface area contributed by atoms with E-state index in [1.165, 1.54) is 6.33 Å². The van der Waals surface area contributed by atoms with Gasteiger partial charge in [0.25, 0.3) is 0 Å². The molecule has 1 aromatic rings. The zero-order chi connectivity index (χ0) is 13.8. The van der Waals surface area contributed by atoms with Gasteiger partial charge in [0.15, 0.2) is 0 Å². The zero-order valence-corrected chi connectivity index (χ0v) is 10.3. The molecule has 0 bridgehead atoms. The summed E-state index contributed by atoms with van der Waals surface area (Å²) in [6, 6.07) is -0.934. The van der Waals surface area contributed by atoms with Crippen LogP contribution in [0.1, 0.15) is 25.2 Å². The van der Waals surface area contributed by atoms with Crippen LogP contribution < -0.4 is 10.6 Å². The Morgan fingerprint density at radius 2 is 2.32 bits per heavy atom. The molecule has 8 nitrogen and oxygen atoms in total. The number of carboxylic acid groups (broad SMARTS) is 1. The highest BCUT2D eigenvalue weighted by Crippen LogP contribution is 2.17. The van der Waals surface area contributed by atoms with Crippen molar-refractivity contribution in [3.8, 4) is 0 Å². The van der Waals surface area contributed by atoms with E-state index < -0.39 is 11.9 Å². The lowest BCUT2D eigenvalue weighted by molar-refractivity contribution is -0.140. The third-order valence-corrected chi connectivity index (χ3v) is 2.91. The van der Waals surface area contributed by atoms with Crippen molar-refractivity contribution in [3.63, 3.8) is 0 Å². The Kier molecular flexibility index (Phi) is 3.79. The number of carboxylic acids is 1. The number of aromatic nitrogens is 3. The molecule has 1 heterocycles. The first-order valence-electron chi connectivity index (χ1n) is 5.89. The van der Waals surface area contributed by atoms with Gasteiger partial charge >= 0.3 is 12.0 Å². The second-order valence-corrected chi connectivity index (χ2v) is 4.38. The highest BCUT2D eigenvalue weighted by atomic mass is 16.4. The van der Waals surface area contributed by atoms with Gasteiger partial charge in [-0.05, 0) is 13.3 Å². The van der Waals surface area contributed by atoms with Crippen LogP contribution in [-0.2, 0) is 4.79 Å². The van der Waals surface area contributed by atoms with Crippen LogP contribution >= 0.6 is 0 Å². The van der Waals surface area contributed by atoms with Gasteiger partial charge in [0, 0.05) is 0 Å². The van der Waals surface area contributed by atoms with Crippen LogP contribution in [0.3, 0.4) is 0 Å². The lowest BCUT2D eigenvalue weighted by Crippen LogP contribution is -2.42. The van der Waals surface area contributed by atoms with Gasteiger partial charge in [0.2, 0.25) is 0 Å². The fourth-order valence-electron chi connectivity index (χ4n) is 1.89. The van der Waals surface area contributed by atoms with Crippen molar-refractivity contribution in [2.45, 2.75) is 25.4 Å². The first-order valence-corrected chi connectivity index (χ1v) is 5.89. The largest absolute Gasteiger partial charge is 0.481 e. The van der Waals surface area contributed by atoms with Gasteiger partial charge in [0.05, 0.1) is 18.0 Å². The topological polar surface area (TPSA) is 120 Å². The van der Waals surface area contributed by atoms with Gasteiger partial charge in [0.1, 0.15) is 12.2 Å². The molecule has 0 fully saturated rings. The molecule has 0 aromatic carbocycles. The van der Waals surface area contributed by atoms with Crippen LogP contribution in [0, 0.1) is 5.92 Å². The average Bonchev–Trinajstić information content (AvgIpc) is 2.98. The van der Waals surface area contributed by atoms with E-state index in [0.717, 1.165) is 0 Å². The average molecular weight is 265 g/mol. The fraction of sp³-hybridized carbons (Fsp3) is 0.455. The Morgan fingerprint density at radius 1 is 1.53 bits per heavy atom. The molecule has 4 N–H and O–H groups in total. The van der Waals surface area contributed by atoms with Gasteiger partial charge in [-0.2, -0.15) is 5.10 Å². The first kappa shape index (κ1) is 13.1. The summed E-state index contributed by atoms with van der Waals surface area (Å²) in [7, 11) is 0. The maximum atomic E-state index is 11.7. The van der Waals surface area contributed by atoms with Crippen LogP contribution in [0.5, 0.6) is 0 Å². The standard InChI is InChI=1S/C11H15N5O3/c1-6(9-12-5-13-16-9)14-11(19)15-8-3-2-7(4-8)10(17)18/h2-3,5-8H,4H2,1H3,(H,17,18)(H,12,13,16)(H2,14,15,19). The predicted octanol–water partition coefficient (Wildman–Crippen LogP) is 0.194. The molecule has 1 aliphatic carbocycles. The number of aromatic amines is 1. The van der Waals surface area contributed by atoms with Gasteiger partial charge in [-0.3, -0.25) is 9.89 Å². The van der Waals surface area contributed by atoms with E-state index in [0.29, 0.717) is 12.2 Å². The SMILES string of the molecule is CC(NC(=O)NC1C=CC(C(=O)O)C1)c1ncn[nH]1. The van der Waals surface area contributed by atoms with Crippen molar-refractivity contribution >= 4 is 12.0 Å². The molecular formula is C11H15N5O3. The van der Waals surface area contributed by atoms with Crippen molar-refractivity contribution in [2.75, 3.05) is 0 Å². The Labute approximate surface area is 109 Å². The molecule has 1 aliphatic rings. The number of urea groups is 1. The molecule has 1 aromatic heterocycles. The summed E-state index contributed by atoms with van der Waals surface area (Å²) in [5, 5.41) is 20.6. The minimum Gasteiger partial charge on any atom is -0.481 e. The monoisotopic (exact) mass is 265 g/mol. The second kappa shape index (κ2) is 5.51. The lowest BCUT2D eigenvalue weighted by atomic mass is 10.1. The molecule has 19 heavy (non-hydrogen) atoms. The molecule has 3 unspecified atom stereocenters. The molecule has 102 valence electrons. The summed E-state index contributed by atoms with van der Waals surface area (Å²) >= 11 is 0. The summed E-state index contributed by atoms with van der Waals surface area (Å²) in [6.07, 6.45) is 5.02. The fourth-order valence-corrected chi connectivity index (χ4v) is 1.89. The first-order chi connectivity index (χ1) is 9.06. The number of hydrogen-bond donors (Lipinski definition) is 4. The molecule has 0 aliphatic heterocycles. The molecule has 8 heteroatoms. The minimum atomic E-state index is -0.879. The van der Waals surface area contributed by atoms with Gasteiger partial charge in [-0.25, -0.2) is 9.78 Å². The van der Waals surface area contributed by atoms with Crippen molar-refractivity contribution in [1.82, 2.24) is 25.8 Å². The zero-order valence-electron chi connectivity index (χ0n) is 10.3. The number of H-pyrrole nitrogens is 1. The van der Waals surface area contributed by atoms with E-state index in [1.807, 2.05) is 0 Å². The summed E-state index contributed by atoms with van der Waals surface area (Å²) in [5.41, 5.74) is 0. The molecule has 0 spiro atoms. The number of nitrogens with one attached hydrogen (secondary N) is 3. The highest BCUT2D eigenvalue weighted by molar-refractivity contribution is 5.76. The van der Waals surface area contributed by atoms with E-state index in [1.54, 1.807) is 19.1 Å². The summed E-state index contributed by atoms with van der Waals surface area (Å²) in [6.45, 7) is 1.77. The number of carbonyl (C=O) groups is 2. The smallest absolute Gasteiger partial charge is 0.315 e. The summed E-state index contributed by atoms with van der Waals surface area (Å²) in [5.74, 6) is -0.853. The van der Waals surface area contributed by atoms with Crippen molar-refractivity contribution in [1.29, 1.82) is 0 Å². The van der Waals surface area contributed by atoms with Crippen molar-refractivity contribution in [3.05, 3.63) is 24.3 Å². The van der Waals surface area contributed by atoms with Gasteiger partial charge < -0.3 is 15.7 Å². The highest BCUT2D eigenvalue weighted by Gasteiger charge is 2.25. The van der Waals surface area contributed by atoms with E-state index in [-0.39, 0.29) is 18.1 Å². The predicted molar refractivity (Wildman–Crippen MR) is 65.1 cm³/mol. The second-order valence-electron chi connectivity index (χ2n) is 4.38. The number of carbonyl (C=O) groups excluding carboxylic acids is 1. The Hall–Kier alpha value is -2.38. The molecular weight excluding hydrogens is 250 g/mol. The van der Waals surface area contributed by atoms with Crippen LogP contribution in [0.4, 0.5) is 4.79 Å². The number of aliphatic carboxylic acids is 1. The summed E-state index contributed by atoms with van der Waals surface area (Å²) in [4.78, 5) is 26.4. The maximum absolute atomic E-state index is 11.7. The van der Waals surface area contributed by atoms with Crippen molar-refractivity contribution in [2.24, 2.45) is 5.92 Å². The molecule has 0 radical (unpaired) electrons. The van der Waals surface area contributed by atoms with Crippen LogP contribution in [0.15, 0.2) is 18.5 Å². The minimum absolute atomic E-state index is 0.261. The van der Waals surface area contributed by atoms with Crippen LogP contribution in [0.2, 0.25) is 0 Å². The Bertz CT molecular complexity index is 485. The normalized spacial score (nSPS) is 23.0. The van der Waals surface area contributed by atoms with E-state index >= 15 is 0 Å². The number of amides is 2. The van der Waals surface area contributed by atoms with Crippen molar-refractivity contribution < 1.29 is 14.7 Å². The third kappa shape index (κ3) is 3.30. The van der Waals surface area contributed by atoms with Crippen LogP contribution in [-0.4, -0.2) is 38.3 Å². The molecule has 0 saturated carbocycles. The quantitative estimate of drug-likeness (QED) is 0.579. The molecule has 2 amide bonds. The van der Waals surface area contributed by atoms with E-state index in [9.17, 15) is 9.59 Å². The molecule has 2 rings (SSSR count). The van der Waals surface area contributed by atoms with Gasteiger partial charge in [-0.1, -0.05) is 12.2 Å². The maximum Gasteiger partial charge on any atom is 0.315 e. The molecule has 3 atom stereocenters. The lowest BCUT2D eigenvalue weighted by Gasteiger charge is -2.15. The van der Waals surface area contributed by atoms with E-state index in [2.05, 4.69) is 25.8 Å². The van der Waals surface area contributed by atoms with Crippen LogP contribution in [0.25, 0.3) is 0 Å². The Balaban J connectivity index is 1.80. The number of rotatable bonds is 4. The Morgan fingerprint density at radius 3 is 2.89 bits per heavy atom. The third-order valence-electron chi connectivity index (χ3n) is 2.91. The van der Waals surface area contributed by atoms with Gasteiger partial charge in [-0.15, -0.1) is 0 Å². The number of hydrogen-bond acceptors (Lipinski definition) is 4.